The lowest BCUT2D eigenvalue weighted by molar-refractivity contribution is 0.545. The first-order valence-corrected chi connectivity index (χ1v) is 5.10. The van der Waals surface area contributed by atoms with E-state index in [9.17, 15) is 4.39 Å². The van der Waals surface area contributed by atoms with E-state index >= 15 is 0 Å². The predicted octanol–water partition coefficient (Wildman–Crippen LogP) is 3.84. The Bertz CT molecular complexity index is 518. The second kappa shape index (κ2) is 3.61. The van der Waals surface area contributed by atoms with Crippen molar-refractivity contribution in [3.05, 3.63) is 32.9 Å². The lowest BCUT2D eigenvalue weighted by Crippen LogP contribution is -1.91. The van der Waals surface area contributed by atoms with Crippen molar-refractivity contribution in [2.24, 2.45) is 0 Å². The zero-order valence-corrected chi connectivity index (χ0v) is 9.66. The molecule has 0 radical (unpaired) electrons. The molecule has 0 unspecified atom stereocenters. The van der Waals surface area contributed by atoms with Crippen molar-refractivity contribution in [2.45, 2.75) is 0 Å². The van der Waals surface area contributed by atoms with Crippen LogP contribution in [0.1, 0.15) is 0 Å². The molecule has 0 spiro atoms. The molecule has 0 fully saturated rings. The van der Waals surface area contributed by atoms with Gasteiger partial charge in [-0.1, -0.05) is 23.2 Å². The Morgan fingerprint density at radius 3 is 2.64 bits per heavy atom. The molecule has 0 bridgehead atoms. The van der Waals surface area contributed by atoms with Crippen molar-refractivity contribution in [3.63, 3.8) is 0 Å². The average molecular weight is 296 g/mol. The highest BCUT2D eigenvalue weighted by molar-refractivity contribution is 9.10. The Morgan fingerprint density at radius 1 is 1.21 bits per heavy atom. The SMILES string of the molecule is Fc1nc(Cl)c2cc(Cl)c(Br)cc2n1. The van der Waals surface area contributed by atoms with Gasteiger partial charge in [-0.3, -0.25) is 0 Å². The highest BCUT2D eigenvalue weighted by Gasteiger charge is 2.08. The van der Waals surface area contributed by atoms with E-state index in [1.54, 1.807) is 12.1 Å². The third-order valence-corrected chi connectivity index (χ3v) is 3.15. The Labute approximate surface area is 97.2 Å². The fourth-order valence-corrected chi connectivity index (χ4v) is 1.78. The molecule has 2 nitrogen and oxygen atoms in total. The van der Waals surface area contributed by atoms with Crippen molar-refractivity contribution >= 4 is 50.0 Å². The minimum Gasteiger partial charge on any atom is -0.202 e. The predicted molar refractivity (Wildman–Crippen MR) is 57.2 cm³/mol. The van der Waals surface area contributed by atoms with Crippen LogP contribution >= 0.6 is 39.1 Å². The quantitative estimate of drug-likeness (QED) is 0.545. The van der Waals surface area contributed by atoms with E-state index in [1.165, 1.54) is 0 Å². The molecule has 14 heavy (non-hydrogen) atoms. The maximum Gasteiger partial charge on any atom is 0.310 e. The number of fused-ring (bicyclic) bond motifs is 1. The van der Waals surface area contributed by atoms with Crippen molar-refractivity contribution in [1.29, 1.82) is 0 Å². The molecule has 2 aromatic rings. The topological polar surface area (TPSA) is 25.8 Å². The highest BCUT2D eigenvalue weighted by atomic mass is 79.9. The molecule has 0 N–H and O–H groups in total. The van der Waals surface area contributed by atoms with Crippen LogP contribution in [-0.2, 0) is 0 Å². The third kappa shape index (κ3) is 1.69. The van der Waals surface area contributed by atoms with Crippen LogP contribution in [0.3, 0.4) is 0 Å². The van der Waals surface area contributed by atoms with E-state index in [-0.39, 0.29) is 5.15 Å². The molecule has 1 aromatic heterocycles. The standard InChI is InChI=1S/C8H2BrCl2FN2/c9-4-2-6-3(1-5(4)10)7(11)14-8(12)13-6/h1-2H. The number of hydrogen-bond donors (Lipinski definition) is 0. The first kappa shape index (κ1) is 10.1. The number of aromatic nitrogens is 2. The van der Waals surface area contributed by atoms with Crippen LogP contribution in [0.15, 0.2) is 16.6 Å². The molecule has 6 heteroatoms. The van der Waals surface area contributed by atoms with Crippen LogP contribution in [0.25, 0.3) is 10.9 Å². The number of nitrogens with zero attached hydrogens (tertiary/aromatic N) is 2. The minimum atomic E-state index is -0.850. The minimum absolute atomic E-state index is 0.0573. The van der Waals surface area contributed by atoms with Gasteiger partial charge in [0.1, 0.15) is 5.15 Å². The number of rotatable bonds is 0. The molecule has 1 aromatic carbocycles. The fraction of sp³-hybridized carbons (Fsp3) is 0. The van der Waals surface area contributed by atoms with E-state index < -0.39 is 6.08 Å². The summed E-state index contributed by atoms with van der Waals surface area (Å²) in [5.41, 5.74) is 0.416. The lowest BCUT2D eigenvalue weighted by atomic mass is 10.2. The monoisotopic (exact) mass is 294 g/mol. The van der Waals surface area contributed by atoms with Gasteiger partial charge in [0.15, 0.2) is 0 Å². The Balaban J connectivity index is 2.89. The largest absolute Gasteiger partial charge is 0.310 e. The zero-order chi connectivity index (χ0) is 10.3. The normalized spacial score (nSPS) is 10.9. The molecule has 72 valence electrons. The van der Waals surface area contributed by atoms with Gasteiger partial charge in [-0.2, -0.15) is 9.37 Å². The molecule has 0 amide bonds. The van der Waals surface area contributed by atoms with Crippen molar-refractivity contribution in [1.82, 2.24) is 9.97 Å². The van der Waals surface area contributed by atoms with Crippen LogP contribution in [0, 0.1) is 6.08 Å². The molecular formula is C8H2BrCl2FN2. The molecule has 0 aliphatic rings. The summed E-state index contributed by atoms with van der Waals surface area (Å²) in [6.45, 7) is 0. The maximum absolute atomic E-state index is 12.8. The summed E-state index contributed by atoms with van der Waals surface area (Å²) < 4.78 is 13.4. The summed E-state index contributed by atoms with van der Waals surface area (Å²) in [4.78, 5) is 6.97. The highest BCUT2D eigenvalue weighted by Crippen LogP contribution is 2.30. The van der Waals surface area contributed by atoms with Gasteiger partial charge < -0.3 is 0 Å². The van der Waals surface area contributed by atoms with Gasteiger partial charge >= 0.3 is 6.08 Å². The zero-order valence-electron chi connectivity index (χ0n) is 6.56. The number of hydrogen-bond acceptors (Lipinski definition) is 2. The molecule has 1 heterocycles. The Kier molecular flexibility index (Phi) is 2.60. The Hall–Kier alpha value is -0.450. The van der Waals surface area contributed by atoms with Crippen LogP contribution in [0.4, 0.5) is 4.39 Å². The van der Waals surface area contributed by atoms with Crippen molar-refractivity contribution < 1.29 is 4.39 Å². The van der Waals surface area contributed by atoms with Crippen molar-refractivity contribution in [2.75, 3.05) is 0 Å². The lowest BCUT2D eigenvalue weighted by Gasteiger charge is -2.01. The number of halogens is 4. The van der Waals surface area contributed by atoms with Gasteiger partial charge in [-0.25, -0.2) is 4.98 Å². The summed E-state index contributed by atoms with van der Waals surface area (Å²) >= 11 is 14.8. The van der Waals surface area contributed by atoms with E-state index in [1.807, 2.05) is 0 Å². The van der Waals surface area contributed by atoms with Gasteiger partial charge in [0.05, 0.1) is 10.5 Å². The molecule has 0 saturated heterocycles. The molecule has 0 saturated carbocycles. The summed E-state index contributed by atoms with van der Waals surface area (Å²) in [5, 5.41) is 1.07. The molecule has 2 rings (SSSR count). The van der Waals surface area contributed by atoms with Crippen LogP contribution in [0.2, 0.25) is 10.2 Å². The van der Waals surface area contributed by atoms with Gasteiger partial charge in [-0.15, -0.1) is 0 Å². The second-order valence-corrected chi connectivity index (χ2v) is 4.19. The summed E-state index contributed by atoms with van der Waals surface area (Å²) in [6.07, 6.45) is -0.850. The second-order valence-electron chi connectivity index (χ2n) is 2.57. The van der Waals surface area contributed by atoms with Crippen molar-refractivity contribution in [3.8, 4) is 0 Å². The summed E-state index contributed by atoms with van der Waals surface area (Å²) in [5.74, 6) is 0. The van der Waals surface area contributed by atoms with Gasteiger partial charge in [-0.05, 0) is 28.1 Å². The molecule has 0 aliphatic heterocycles. The van der Waals surface area contributed by atoms with Gasteiger partial charge in [0, 0.05) is 9.86 Å². The Morgan fingerprint density at radius 2 is 1.93 bits per heavy atom. The summed E-state index contributed by atoms with van der Waals surface area (Å²) in [6, 6.07) is 3.18. The fourth-order valence-electron chi connectivity index (χ4n) is 1.06. The van der Waals surface area contributed by atoms with E-state index in [2.05, 4.69) is 25.9 Å². The van der Waals surface area contributed by atoms with E-state index in [0.717, 1.165) is 0 Å². The third-order valence-electron chi connectivity index (χ3n) is 1.66. The van der Waals surface area contributed by atoms with Gasteiger partial charge in [0.25, 0.3) is 0 Å². The van der Waals surface area contributed by atoms with E-state index in [0.29, 0.717) is 20.4 Å². The molecule has 0 atom stereocenters. The molecular weight excluding hydrogens is 294 g/mol. The number of benzene rings is 1. The summed E-state index contributed by atoms with van der Waals surface area (Å²) in [7, 11) is 0. The first-order chi connectivity index (χ1) is 6.58. The van der Waals surface area contributed by atoms with Crippen LogP contribution < -0.4 is 0 Å². The van der Waals surface area contributed by atoms with Crippen LogP contribution in [0.5, 0.6) is 0 Å². The maximum atomic E-state index is 12.8. The first-order valence-electron chi connectivity index (χ1n) is 3.56. The van der Waals surface area contributed by atoms with Gasteiger partial charge in [0.2, 0.25) is 0 Å². The average Bonchev–Trinajstić information content (AvgIpc) is 2.08. The smallest absolute Gasteiger partial charge is 0.202 e. The molecule has 0 aliphatic carbocycles. The van der Waals surface area contributed by atoms with E-state index in [4.69, 9.17) is 23.2 Å². The van der Waals surface area contributed by atoms with Crippen LogP contribution in [-0.4, -0.2) is 9.97 Å².